The topological polar surface area (TPSA) is 38.4 Å². The van der Waals surface area contributed by atoms with Crippen molar-refractivity contribution in [3.8, 4) is 0 Å². The van der Waals surface area contributed by atoms with Gasteiger partial charge in [-0.25, -0.2) is 0 Å². The molecule has 1 aliphatic rings. The SMILES string of the molecule is C[C@@H]1CC(N)=N[C@H]1Cc1ccccc1. The second-order valence-electron chi connectivity index (χ2n) is 4.06. The Morgan fingerprint density at radius 3 is 2.64 bits per heavy atom. The minimum absolute atomic E-state index is 0.386. The lowest BCUT2D eigenvalue weighted by Crippen LogP contribution is -2.13. The first-order valence-corrected chi connectivity index (χ1v) is 5.12. The van der Waals surface area contributed by atoms with E-state index in [2.05, 4.69) is 36.2 Å². The Balaban J connectivity index is 2.05. The number of amidine groups is 1. The zero-order valence-corrected chi connectivity index (χ0v) is 8.48. The average Bonchev–Trinajstić information content (AvgIpc) is 2.47. The van der Waals surface area contributed by atoms with E-state index in [-0.39, 0.29) is 0 Å². The molecule has 1 aromatic carbocycles. The molecule has 74 valence electrons. The summed E-state index contributed by atoms with van der Waals surface area (Å²) in [5, 5.41) is 0. The third-order valence-electron chi connectivity index (χ3n) is 2.81. The van der Waals surface area contributed by atoms with Crippen molar-refractivity contribution < 1.29 is 0 Å². The van der Waals surface area contributed by atoms with Gasteiger partial charge in [-0.15, -0.1) is 0 Å². The van der Waals surface area contributed by atoms with Crippen LogP contribution in [0.1, 0.15) is 18.9 Å². The van der Waals surface area contributed by atoms with E-state index in [0.717, 1.165) is 18.7 Å². The second-order valence-corrected chi connectivity index (χ2v) is 4.06. The lowest BCUT2D eigenvalue weighted by atomic mass is 9.96. The zero-order chi connectivity index (χ0) is 9.97. The molecule has 0 saturated carbocycles. The van der Waals surface area contributed by atoms with Crippen LogP contribution in [0.4, 0.5) is 0 Å². The fourth-order valence-electron chi connectivity index (χ4n) is 1.96. The number of aliphatic imine (C=N–C) groups is 1. The highest BCUT2D eigenvalue weighted by molar-refractivity contribution is 5.82. The first-order valence-electron chi connectivity index (χ1n) is 5.12. The lowest BCUT2D eigenvalue weighted by molar-refractivity contribution is 0.502. The van der Waals surface area contributed by atoms with Gasteiger partial charge in [-0.05, 0) is 17.9 Å². The van der Waals surface area contributed by atoms with Crippen molar-refractivity contribution in [1.29, 1.82) is 0 Å². The molecule has 0 radical (unpaired) electrons. The summed E-state index contributed by atoms with van der Waals surface area (Å²) in [5.74, 6) is 1.41. The van der Waals surface area contributed by atoms with Gasteiger partial charge in [0.1, 0.15) is 0 Å². The van der Waals surface area contributed by atoms with Gasteiger partial charge in [-0.3, -0.25) is 4.99 Å². The van der Waals surface area contributed by atoms with Crippen LogP contribution in [0.3, 0.4) is 0 Å². The Morgan fingerprint density at radius 1 is 1.36 bits per heavy atom. The second kappa shape index (κ2) is 3.82. The monoisotopic (exact) mass is 188 g/mol. The zero-order valence-electron chi connectivity index (χ0n) is 8.48. The molecule has 2 nitrogen and oxygen atoms in total. The minimum atomic E-state index is 0.386. The molecular formula is C12H16N2. The van der Waals surface area contributed by atoms with Crippen molar-refractivity contribution in [2.75, 3.05) is 0 Å². The Morgan fingerprint density at radius 2 is 2.07 bits per heavy atom. The maximum Gasteiger partial charge on any atom is 0.0944 e. The minimum Gasteiger partial charge on any atom is -0.387 e. The number of hydrogen-bond donors (Lipinski definition) is 1. The summed E-state index contributed by atoms with van der Waals surface area (Å²) < 4.78 is 0. The van der Waals surface area contributed by atoms with Crippen molar-refractivity contribution in [3.05, 3.63) is 35.9 Å². The highest BCUT2D eigenvalue weighted by Crippen LogP contribution is 2.22. The summed E-state index contributed by atoms with van der Waals surface area (Å²) in [6, 6.07) is 10.9. The summed E-state index contributed by atoms with van der Waals surface area (Å²) in [6.07, 6.45) is 1.97. The van der Waals surface area contributed by atoms with Crippen LogP contribution in [0.25, 0.3) is 0 Å². The summed E-state index contributed by atoms with van der Waals surface area (Å²) in [7, 11) is 0. The Bertz CT molecular complexity index is 329. The summed E-state index contributed by atoms with van der Waals surface area (Å²) in [4.78, 5) is 4.46. The smallest absolute Gasteiger partial charge is 0.0944 e. The normalized spacial score (nSPS) is 26.2. The largest absolute Gasteiger partial charge is 0.387 e. The van der Waals surface area contributed by atoms with Crippen LogP contribution in [0.15, 0.2) is 35.3 Å². The van der Waals surface area contributed by atoms with Gasteiger partial charge in [0.15, 0.2) is 0 Å². The molecule has 2 N–H and O–H groups in total. The molecule has 0 aliphatic carbocycles. The van der Waals surface area contributed by atoms with Crippen molar-refractivity contribution in [3.63, 3.8) is 0 Å². The summed E-state index contributed by atoms with van der Waals surface area (Å²) >= 11 is 0. The molecule has 0 spiro atoms. The number of hydrogen-bond acceptors (Lipinski definition) is 2. The number of nitrogens with two attached hydrogens (primary N) is 1. The average molecular weight is 188 g/mol. The van der Waals surface area contributed by atoms with Gasteiger partial charge in [-0.2, -0.15) is 0 Å². The molecule has 0 saturated heterocycles. The maximum atomic E-state index is 5.72. The Labute approximate surface area is 84.9 Å². The standard InChI is InChI=1S/C12H16N2/c1-9-7-12(13)14-11(9)8-10-5-3-2-4-6-10/h2-6,9,11H,7-8H2,1H3,(H2,13,14)/t9-,11+/m1/s1. The maximum absolute atomic E-state index is 5.72. The molecule has 1 aromatic rings. The fourth-order valence-corrected chi connectivity index (χ4v) is 1.96. The molecule has 0 aromatic heterocycles. The summed E-state index contributed by atoms with van der Waals surface area (Å²) in [6.45, 7) is 2.22. The van der Waals surface area contributed by atoms with E-state index >= 15 is 0 Å². The van der Waals surface area contributed by atoms with Crippen LogP contribution >= 0.6 is 0 Å². The van der Waals surface area contributed by atoms with Crippen molar-refractivity contribution in [2.45, 2.75) is 25.8 Å². The van der Waals surface area contributed by atoms with Gasteiger partial charge >= 0.3 is 0 Å². The van der Waals surface area contributed by atoms with E-state index < -0.39 is 0 Å². The molecule has 14 heavy (non-hydrogen) atoms. The Hall–Kier alpha value is -1.31. The van der Waals surface area contributed by atoms with E-state index in [4.69, 9.17) is 5.73 Å². The van der Waals surface area contributed by atoms with E-state index in [9.17, 15) is 0 Å². The Kier molecular flexibility index (Phi) is 2.53. The molecule has 0 unspecified atom stereocenters. The number of rotatable bonds is 2. The first kappa shape index (κ1) is 9.25. The van der Waals surface area contributed by atoms with Crippen LogP contribution in [0.2, 0.25) is 0 Å². The highest BCUT2D eigenvalue weighted by Gasteiger charge is 2.23. The van der Waals surface area contributed by atoms with Gasteiger partial charge in [0.25, 0.3) is 0 Å². The third-order valence-corrected chi connectivity index (χ3v) is 2.81. The van der Waals surface area contributed by atoms with E-state index in [1.54, 1.807) is 0 Å². The van der Waals surface area contributed by atoms with Gasteiger partial charge < -0.3 is 5.73 Å². The molecule has 0 bridgehead atoms. The van der Waals surface area contributed by atoms with Gasteiger partial charge in [0.2, 0.25) is 0 Å². The van der Waals surface area contributed by atoms with Gasteiger partial charge in [0.05, 0.1) is 11.9 Å². The summed E-state index contributed by atoms with van der Waals surface area (Å²) in [5.41, 5.74) is 7.07. The van der Waals surface area contributed by atoms with Gasteiger partial charge in [-0.1, -0.05) is 37.3 Å². The molecule has 2 rings (SSSR count). The molecule has 0 amide bonds. The predicted octanol–water partition coefficient (Wildman–Crippen LogP) is 1.99. The van der Waals surface area contributed by atoms with Crippen molar-refractivity contribution >= 4 is 5.84 Å². The van der Waals surface area contributed by atoms with Crippen LogP contribution in [0.5, 0.6) is 0 Å². The molecule has 1 heterocycles. The number of benzene rings is 1. The van der Waals surface area contributed by atoms with Crippen molar-refractivity contribution in [2.24, 2.45) is 16.6 Å². The number of nitrogens with zero attached hydrogens (tertiary/aromatic N) is 1. The fraction of sp³-hybridized carbons (Fsp3) is 0.417. The first-order chi connectivity index (χ1) is 6.75. The predicted molar refractivity (Wildman–Crippen MR) is 59.3 cm³/mol. The molecular weight excluding hydrogens is 172 g/mol. The molecule has 2 atom stereocenters. The van der Waals surface area contributed by atoms with Crippen molar-refractivity contribution in [1.82, 2.24) is 0 Å². The van der Waals surface area contributed by atoms with Gasteiger partial charge in [0, 0.05) is 6.42 Å². The van der Waals surface area contributed by atoms with Crippen LogP contribution in [-0.2, 0) is 6.42 Å². The van der Waals surface area contributed by atoms with E-state index in [1.807, 2.05) is 6.07 Å². The highest BCUT2D eigenvalue weighted by atomic mass is 14.9. The lowest BCUT2D eigenvalue weighted by Gasteiger charge is -2.12. The van der Waals surface area contributed by atoms with Crippen LogP contribution in [0, 0.1) is 5.92 Å². The van der Waals surface area contributed by atoms with E-state index in [1.165, 1.54) is 5.56 Å². The van der Waals surface area contributed by atoms with Crippen LogP contribution in [-0.4, -0.2) is 11.9 Å². The van der Waals surface area contributed by atoms with E-state index in [0.29, 0.717) is 12.0 Å². The third kappa shape index (κ3) is 1.95. The quantitative estimate of drug-likeness (QED) is 0.757. The van der Waals surface area contributed by atoms with Crippen LogP contribution < -0.4 is 5.73 Å². The molecule has 0 fully saturated rings. The molecule has 1 aliphatic heterocycles. The molecule has 2 heteroatoms.